The van der Waals surface area contributed by atoms with E-state index in [-0.39, 0.29) is 0 Å². The Balaban J connectivity index is 1.44. The van der Waals surface area contributed by atoms with Gasteiger partial charge in [0.2, 0.25) is 5.95 Å². The summed E-state index contributed by atoms with van der Waals surface area (Å²) in [5, 5.41) is 8.94. The first-order chi connectivity index (χ1) is 13.3. The van der Waals surface area contributed by atoms with Gasteiger partial charge in [-0.2, -0.15) is 0 Å². The maximum atomic E-state index is 4.55. The highest BCUT2D eigenvalue weighted by Gasteiger charge is 2.28. The number of hydrogen-bond donors (Lipinski definition) is 0. The molecule has 0 radical (unpaired) electrons. The predicted octanol–water partition coefficient (Wildman–Crippen LogP) is 4.63. The van der Waals surface area contributed by atoms with Crippen molar-refractivity contribution in [2.45, 2.75) is 51.6 Å². The minimum atomic E-state index is 0.576. The van der Waals surface area contributed by atoms with Crippen molar-refractivity contribution in [2.75, 3.05) is 11.4 Å². The summed E-state index contributed by atoms with van der Waals surface area (Å²) in [6, 6.07) is 22.0. The van der Waals surface area contributed by atoms with E-state index in [2.05, 4.69) is 87.3 Å². The van der Waals surface area contributed by atoms with Gasteiger partial charge in [0.25, 0.3) is 0 Å². The summed E-state index contributed by atoms with van der Waals surface area (Å²) < 4.78 is 2.27. The summed E-state index contributed by atoms with van der Waals surface area (Å²) >= 11 is 0. The molecular formula is C23H28N4. The number of benzene rings is 2. The lowest BCUT2D eigenvalue weighted by Gasteiger charge is -2.26. The van der Waals surface area contributed by atoms with E-state index in [9.17, 15) is 0 Å². The molecule has 4 heteroatoms. The molecule has 1 aliphatic heterocycles. The van der Waals surface area contributed by atoms with Gasteiger partial charge < -0.3 is 4.90 Å². The normalized spacial score (nSPS) is 16.8. The van der Waals surface area contributed by atoms with Gasteiger partial charge in [0, 0.05) is 12.6 Å². The van der Waals surface area contributed by atoms with E-state index in [1.54, 1.807) is 0 Å². The molecule has 1 atom stereocenters. The fourth-order valence-corrected chi connectivity index (χ4v) is 4.12. The molecule has 1 fully saturated rings. The maximum Gasteiger partial charge on any atom is 0.227 e. The van der Waals surface area contributed by atoms with Gasteiger partial charge in [-0.25, -0.2) is 0 Å². The second-order valence-electron chi connectivity index (χ2n) is 7.49. The van der Waals surface area contributed by atoms with Gasteiger partial charge in [0.1, 0.15) is 5.82 Å². The Bertz CT molecular complexity index is 841. The molecule has 0 amide bonds. The van der Waals surface area contributed by atoms with E-state index in [0.29, 0.717) is 6.04 Å². The summed E-state index contributed by atoms with van der Waals surface area (Å²) in [6.45, 7) is 3.98. The van der Waals surface area contributed by atoms with Gasteiger partial charge >= 0.3 is 0 Å². The molecule has 2 aromatic carbocycles. The standard InChI is InChI=1S/C23H28N4/c1-19-24-25-23(27(19)18-21-12-6-3-7-13-21)26-17-9-16-22(26)15-8-14-20-10-4-2-5-11-20/h2-7,10-13,22H,8-9,14-18H2,1H3. The lowest BCUT2D eigenvalue weighted by atomic mass is 10.0. The van der Waals surface area contributed by atoms with Crippen molar-refractivity contribution in [2.24, 2.45) is 0 Å². The van der Waals surface area contributed by atoms with Crippen LogP contribution in [0.1, 0.15) is 42.6 Å². The largest absolute Gasteiger partial charge is 0.338 e. The molecule has 0 aliphatic carbocycles. The van der Waals surface area contributed by atoms with Crippen molar-refractivity contribution < 1.29 is 0 Å². The molecule has 0 bridgehead atoms. The van der Waals surface area contributed by atoms with Crippen LogP contribution in [0.5, 0.6) is 0 Å². The van der Waals surface area contributed by atoms with Crippen LogP contribution in [0.2, 0.25) is 0 Å². The van der Waals surface area contributed by atoms with Crippen LogP contribution < -0.4 is 4.90 Å². The molecule has 27 heavy (non-hydrogen) atoms. The first-order valence-corrected chi connectivity index (χ1v) is 10.1. The van der Waals surface area contributed by atoms with Crippen LogP contribution in [-0.2, 0) is 13.0 Å². The number of aryl methyl sites for hydroxylation is 2. The minimum absolute atomic E-state index is 0.576. The SMILES string of the molecule is Cc1nnc(N2CCCC2CCCc2ccccc2)n1Cc1ccccc1. The Morgan fingerprint density at radius 2 is 1.63 bits per heavy atom. The van der Waals surface area contributed by atoms with Crippen LogP contribution in [0.15, 0.2) is 60.7 Å². The van der Waals surface area contributed by atoms with Crippen molar-refractivity contribution in [1.29, 1.82) is 0 Å². The molecule has 0 saturated carbocycles. The van der Waals surface area contributed by atoms with Crippen LogP contribution in [0.4, 0.5) is 5.95 Å². The monoisotopic (exact) mass is 360 g/mol. The molecule has 0 N–H and O–H groups in total. The molecule has 140 valence electrons. The van der Waals surface area contributed by atoms with Gasteiger partial charge in [-0.3, -0.25) is 4.57 Å². The topological polar surface area (TPSA) is 34.0 Å². The van der Waals surface area contributed by atoms with Gasteiger partial charge in [-0.1, -0.05) is 60.7 Å². The lowest BCUT2D eigenvalue weighted by molar-refractivity contribution is 0.564. The first kappa shape index (κ1) is 17.8. The molecule has 1 aromatic heterocycles. The van der Waals surface area contributed by atoms with Crippen LogP contribution in [0, 0.1) is 6.92 Å². The van der Waals surface area contributed by atoms with E-state index in [0.717, 1.165) is 31.3 Å². The molecule has 1 aliphatic rings. The van der Waals surface area contributed by atoms with E-state index < -0.39 is 0 Å². The summed E-state index contributed by atoms with van der Waals surface area (Å²) in [5.74, 6) is 2.03. The average Bonchev–Trinajstić information content (AvgIpc) is 3.30. The average molecular weight is 361 g/mol. The summed E-state index contributed by atoms with van der Waals surface area (Å²) in [7, 11) is 0. The highest BCUT2D eigenvalue weighted by molar-refractivity contribution is 5.36. The van der Waals surface area contributed by atoms with Crippen LogP contribution >= 0.6 is 0 Å². The summed E-state index contributed by atoms with van der Waals surface area (Å²) in [6.07, 6.45) is 6.09. The zero-order chi connectivity index (χ0) is 18.5. The first-order valence-electron chi connectivity index (χ1n) is 10.1. The third-order valence-corrected chi connectivity index (χ3v) is 5.58. The molecular weight excluding hydrogens is 332 g/mol. The smallest absolute Gasteiger partial charge is 0.227 e. The van der Waals surface area contributed by atoms with Gasteiger partial charge in [0.05, 0.1) is 6.54 Å². The van der Waals surface area contributed by atoms with E-state index in [1.165, 1.54) is 36.8 Å². The fraction of sp³-hybridized carbons (Fsp3) is 0.391. The van der Waals surface area contributed by atoms with E-state index >= 15 is 0 Å². The molecule has 1 saturated heterocycles. The molecule has 0 spiro atoms. The quantitative estimate of drug-likeness (QED) is 0.616. The van der Waals surface area contributed by atoms with Crippen molar-refractivity contribution in [3.63, 3.8) is 0 Å². The zero-order valence-electron chi connectivity index (χ0n) is 16.1. The second-order valence-corrected chi connectivity index (χ2v) is 7.49. The van der Waals surface area contributed by atoms with Gasteiger partial charge in [-0.15, -0.1) is 10.2 Å². The highest BCUT2D eigenvalue weighted by Crippen LogP contribution is 2.28. The number of aromatic nitrogens is 3. The number of rotatable bonds is 7. The fourth-order valence-electron chi connectivity index (χ4n) is 4.12. The maximum absolute atomic E-state index is 4.55. The van der Waals surface area contributed by atoms with E-state index in [1.807, 2.05) is 0 Å². The highest BCUT2D eigenvalue weighted by atomic mass is 15.4. The molecule has 3 aromatic rings. The predicted molar refractivity (Wildman–Crippen MR) is 110 cm³/mol. The summed E-state index contributed by atoms with van der Waals surface area (Å²) in [5.41, 5.74) is 2.73. The lowest BCUT2D eigenvalue weighted by Crippen LogP contribution is -2.32. The Labute approximate surface area is 161 Å². The summed E-state index contributed by atoms with van der Waals surface area (Å²) in [4.78, 5) is 2.49. The number of nitrogens with zero attached hydrogens (tertiary/aromatic N) is 4. The Hall–Kier alpha value is -2.62. The minimum Gasteiger partial charge on any atom is -0.338 e. The van der Waals surface area contributed by atoms with Crippen molar-refractivity contribution >= 4 is 5.95 Å². The van der Waals surface area contributed by atoms with Crippen molar-refractivity contribution in [3.05, 3.63) is 77.6 Å². The van der Waals surface area contributed by atoms with Crippen molar-refractivity contribution in [1.82, 2.24) is 14.8 Å². The van der Waals surface area contributed by atoms with Crippen molar-refractivity contribution in [3.8, 4) is 0 Å². The third-order valence-electron chi connectivity index (χ3n) is 5.58. The zero-order valence-corrected chi connectivity index (χ0v) is 16.1. The van der Waals surface area contributed by atoms with Gasteiger partial charge in [-0.05, 0) is 50.2 Å². The molecule has 4 nitrogen and oxygen atoms in total. The Morgan fingerprint density at radius 3 is 2.37 bits per heavy atom. The Morgan fingerprint density at radius 1 is 0.926 bits per heavy atom. The molecule has 4 rings (SSSR count). The van der Waals surface area contributed by atoms with Gasteiger partial charge in [0.15, 0.2) is 0 Å². The third kappa shape index (κ3) is 4.21. The van der Waals surface area contributed by atoms with Crippen LogP contribution in [0.3, 0.4) is 0 Å². The second kappa shape index (κ2) is 8.38. The van der Waals surface area contributed by atoms with Crippen LogP contribution in [0.25, 0.3) is 0 Å². The molecule has 2 heterocycles. The number of anilines is 1. The Kier molecular flexibility index (Phi) is 5.52. The van der Waals surface area contributed by atoms with Crippen LogP contribution in [-0.4, -0.2) is 27.4 Å². The van der Waals surface area contributed by atoms with E-state index in [4.69, 9.17) is 0 Å². The number of hydrogen-bond acceptors (Lipinski definition) is 3. The molecule has 1 unspecified atom stereocenters.